The highest BCUT2D eigenvalue weighted by Gasteiger charge is 2.31. The van der Waals surface area contributed by atoms with Crippen LogP contribution < -0.4 is 5.32 Å². The van der Waals surface area contributed by atoms with E-state index in [4.69, 9.17) is 0 Å². The lowest BCUT2D eigenvalue weighted by Gasteiger charge is -2.32. The van der Waals surface area contributed by atoms with Gasteiger partial charge in [0.15, 0.2) is 5.03 Å². The van der Waals surface area contributed by atoms with Crippen molar-refractivity contribution in [2.45, 2.75) is 44.2 Å². The molecule has 1 unspecified atom stereocenters. The van der Waals surface area contributed by atoms with Gasteiger partial charge in [-0.3, -0.25) is 0 Å². The summed E-state index contributed by atoms with van der Waals surface area (Å²) in [4.78, 5) is 6.78. The Balaban J connectivity index is 2.08. The summed E-state index contributed by atoms with van der Waals surface area (Å²) in [5, 5.41) is 3.59. The number of nitrogens with one attached hydrogen (secondary N) is 2. The van der Waals surface area contributed by atoms with Crippen molar-refractivity contribution >= 4 is 10.0 Å². The van der Waals surface area contributed by atoms with Crippen molar-refractivity contribution in [3.63, 3.8) is 0 Å². The molecule has 108 valence electrons. The first-order chi connectivity index (χ1) is 9.04. The lowest BCUT2D eigenvalue weighted by molar-refractivity contribution is 0.283. The molecule has 19 heavy (non-hydrogen) atoms. The molecule has 1 aliphatic heterocycles. The summed E-state index contributed by atoms with van der Waals surface area (Å²) >= 11 is 0. The van der Waals surface area contributed by atoms with Gasteiger partial charge in [0.25, 0.3) is 10.0 Å². The molecule has 0 aliphatic carbocycles. The van der Waals surface area contributed by atoms with Crippen molar-refractivity contribution in [1.29, 1.82) is 0 Å². The largest absolute Gasteiger partial charge is 0.332 e. The van der Waals surface area contributed by atoms with Gasteiger partial charge in [0, 0.05) is 19.1 Å². The van der Waals surface area contributed by atoms with Crippen LogP contribution in [0.1, 0.15) is 32.0 Å². The normalized spacial score (nSPS) is 21.7. The molecule has 0 radical (unpaired) electrons. The molecule has 1 atom stereocenters. The molecule has 6 nitrogen and oxygen atoms in total. The van der Waals surface area contributed by atoms with Gasteiger partial charge in [0.2, 0.25) is 0 Å². The van der Waals surface area contributed by atoms with E-state index in [-0.39, 0.29) is 11.1 Å². The van der Waals surface area contributed by atoms with E-state index >= 15 is 0 Å². The van der Waals surface area contributed by atoms with Gasteiger partial charge >= 0.3 is 0 Å². The van der Waals surface area contributed by atoms with Crippen LogP contribution in [0.4, 0.5) is 0 Å². The minimum atomic E-state index is -3.42. The molecule has 2 rings (SSSR count). The lowest BCUT2D eigenvalue weighted by Crippen LogP contribution is -2.48. The topological polar surface area (TPSA) is 78.1 Å². The maximum Gasteiger partial charge on any atom is 0.260 e. The number of imidazole rings is 1. The molecule has 0 saturated carbocycles. The van der Waals surface area contributed by atoms with E-state index in [1.807, 2.05) is 0 Å². The fourth-order valence-corrected chi connectivity index (χ4v) is 3.83. The minimum Gasteiger partial charge on any atom is -0.332 e. The number of aromatic amines is 1. The van der Waals surface area contributed by atoms with Gasteiger partial charge in [-0.1, -0.05) is 6.92 Å². The van der Waals surface area contributed by atoms with Crippen LogP contribution in [0, 0.1) is 6.92 Å². The highest BCUT2D eigenvalue weighted by atomic mass is 32.2. The molecule has 0 aromatic carbocycles. The third kappa shape index (κ3) is 3.34. The second-order valence-electron chi connectivity index (χ2n) is 4.99. The number of aryl methyl sites for hydroxylation is 1. The third-order valence-electron chi connectivity index (χ3n) is 3.36. The Kier molecular flexibility index (Phi) is 4.59. The average Bonchev–Trinajstić information content (AvgIpc) is 2.84. The van der Waals surface area contributed by atoms with Gasteiger partial charge in [-0.25, -0.2) is 13.4 Å². The molecule has 2 N–H and O–H groups in total. The number of hydrogen-bond acceptors (Lipinski definition) is 4. The monoisotopic (exact) mass is 286 g/mol. The lowest BCUT2D eigenvalue weighted by atomic mass is 10.1. The Morgan fingerprint density at radius 3 is 3.00 bits per heavy atom. The predicted molar refractivity (Wildman–Crippen MR) is 73.4 cm³/mol. The molecule has 0 spiro atoms. The predicted octanol–water partition coefficient (Wildman–Crippen LogP) is 0.871. The second-order valence-corrected chi connectivity index (χ2v) is 6.90. The van der Waals surface area contributed by atoms with Gasteiger partial charge in [-0.15, -0.1) is 0 Å². The fraction of sp³-hybridized carbons (Fsp3) is 0.750. The van der Waals surface area contributed by atoms with E-state index in [9.17, 15) is 8.42 Å². The Morgan fingerprint density at radius 1 is 1.58 bits per heavy atom. The quantitative estimate of drug-likeness (QED) is 0.842. The highest BCUT2D eigenvalue weighted by Crippen LogP contribution is 2.19. The van der Waals surface area contributed by atoms with Crippen LogP contribution in [-0.4, -0.2) is 48.4 Å². The number of nitrogens with zero attached hydrogens (tertiary/aromatic N) is 2. The highest BCUT2D eigenvalue weighted by molar-refractivity contribution is 7.89. The van der Waals surface area contributed by atoms with Crippen LogP contribution in [0.25, 0.3) is 0 Å². The first-order valence-corrected chi connectivity index (χ1v) is 8.23. The minimum absolute atomic E-state index is 0.196. The zero-order valence-corrected chi connectivity index (χ0v) is 12.3. The first kappa shape index (κ1) is 14.5. The molecule has 0 bridgehead atoms. The molecular formula is C12H22N4O2S. The van der Waals surface area contributed by atoms with Crippen molar-refractivity contribution in [3.8, 4) is 0 Å². The standard InChI is InChI=1S/C12H22N4O2S/c1-3-6-13-11-5-4-7-16(9-11)19(17,18)12-8-14-10(2)15-12/h8,11,13H,3-7,9H2,1-2H3,(H,14,15). The molecule has 1 aromatic heterocycles. The van der Waals surface area contributed by atoms with Gasteiger partial charge < -0.3 is 10.3 Å². The van der Waals surface area contributed by atoms with E-state index in [0.717, 1.165) is 25.8 Å². The average molecular weight is 286 g/mol. The van der Waals surface area contributed by atoms with Crippen LogP contribution in [0.5, 0.6) is 0 Å². The Labute approximate surface area is 114 Å². The second kappa shape index (κ2) is 6.02. The summed E-state index contributed by atoms with van der Waals surface area (Å²) < 4.78 is 26.4. The number of sulfonamides is 1. The SMILES string of the molecule is CCCNC1CCCN(S(=O)(=O)c2cnc(C)[nH]2)C1. The maximum atomic E-state index is 12.4. The Bertz CT molecular complexity index is 512. The van der Waals surface area contributed by atoms with Crippen LogP contribution in [0.3, 0.4) is 0 Å². The van der Waals surface area contributed by atoms with Gasteiger partial charge in [0.05, 0.1) is 6.20 Å². The first-order valence-electron chi connectivity index (χ1n) is 6.79. The summed E-state index contributed by atoms with van der Waals surface area (Å²) in [7, 11) is -3.42. The van der Waals surface area contributed by atoms with Crippen molar-refractivity contribution in [3.05, 3.63) is 12.0 Å². The van der Waals surface area contributed by atoms with Crippen molar-refractivity contribution in [2.24, 2.45) is 0 Å². The van der Waals surface area contributed by atoms with E-state index in [2.05, 4.69) is 22.2 Å². The van der Waals surface area contributed by atoms with Crippen LogP contribution in [0.15, 0.2) is 11.2 Å². The van der Waals surface area contributed by atoms with Crippen molar-refractivity contribution in [2.75, 3.05) is 19.6 Å². The van der Waals surface area contributed by atoms with Crippen molar-refractivity contribution in [1.82, 2.24) is 19.6 Å². The van der Waals surface area contributed by atoms with Crippen LogP contribution in [-0.2, 0) is 10.0 Å². The molecular weight excluding hydrogens is 264 g/mol. The number of piperidine rings is 1. The van der Waals surface area contributed by atoms with E-state index < -0.39 is 10.0 Å². The van der Waals surface area contributed by atoms with Gasteiger partial charge in [-0.2, -0.15) is 4.31 Å². The molecule has 2 heterocycles. The van der Waals surface area contributed by atoms with Gasteiger partial charge in [0.1, 0.15) is 5.82 Å². The van der Waals surface area contributed by atoms with Crippen LogP contribution in [0.2, 0.25) is 0 Å². The number of rotatable bonds is 5. The summed E-state index contributed by atoms with van der Waals surface area (Å²) in [6.07, 6.45) is 4.39. The Morgan fingerprint density at radius 2 is 2.37 bits per heavy atom. The Hall–Kier alpha value is -0.920. The molecule has 1 aromatic rings. The summed E-state index contributed by atoms with van der Waals surface area (Å²) in [5.41, 5.74) is 0. The summed E-state index contributed by atoms with van der Waals surface area (Å²) in [5.74, 6) is 0.622. The zero-order valence-electron chi connectivity index (χ0n) is 11.5. The maximum absolute atomic E-state index is 12.4. The zero-order chi connectivity index (χ0) is 13.9. The van der Waals surface area contributed by atoms with E-state index in [1.54, 1.807) is 11.2 Å². The fourth-order valence-electron chi connectivity index (χ4n) is 2.34. The summed E-state index contributed by atoms with van der Waals surface area (Å²) in [6.45, 7) is 5.92. The molecule has 7 heteroatoms. The molecule has 0 amide bonds. The third-order valence-corrected chi connectivity index (χ3v) is 5.14. The number of hydrogen-bond donors (Lipinski definition) is 2. The molecule has 1 fully saturated rings. The number of H-pyrrole nitrogens is 1. The van der Waals surface area contributed by atoms with Crippen molar-refractivity contribution < 1.29 is 8.42 Å². The van der Waals surface area contributed by atoms with Crippen LogP contribution >= 0.6 is 0 Å². The van der Waals surface area contributed by atoms with Gasteiger partial charge in [-0.05, 0) is 32.7 Å². The number of aromatic nitrogens is 2. The smallest absolute Gasteiger partial charge is 0.260 e. The van der Waals surface area contributed by atoms with E-state index in [0.29, 0.717) is 18.9 Å². The van der Waals surface area contributed by atoms with E-state index in [1.165, 1.54) is 6.20 Å². The molecule has 1 saturated heterocycles. The summed E-state index contributed by atoms with van der Waals surface area (Å²) in [6, 6.07) is 0.257. The molecule has 1 aliphatic rings.